The first-order valence-electron chi connectivity index (χ1n) is 10.5. The van der Waals surface area contributed by atoms with Crippen molar-refractivity contribution in [1.29, 1.82) is 0 Å². The highest BCUT2D eigenvalue weighted by molar-refractivity contribution is 6.01. The number of nitrogens with one attached hydrogen (secondary N) is 2. The maximum atomic E-state index is 13.3. The average molecular weight is 396 g/mol. The first kappa shape index (κ1) is 18.6. The summed E-state index contributed by atoms with van der Waals surface area (Å²) >= 11 is 0. The van der Waals surface area contributed by atoms with Crippen LogP contribution in [0.25, 0.3) is 0 Å². The molecule has 30 heavy (non-hydrogen) atoms. The Morgan fingerprint density at radius 3 is 2.77 bits per heavy atom. The smallest absolute Gasteiger partial charge is 0.253 e. The third kappa shape index (κ3) is 3.28. The second-order valence-electron chi connectivity index (χ2n) is 8.14. The zero-order chi connectivity index (χ0) is 20.5. The van der Waals surface area contributed by atoms with E-state index < -0.39 is 0 Å². The molecule has 0 saturated carbocycles. The molecule has 1 amide bonds. The second kappa shape index (κ2) is 7.79. The Labute approximate surface area is 177 Å². The lowest BCUT2D eigenvalue weighted by molar-refractivity contribution is 0.0940. The van der Waals surface area contributed by atoms with Crippen molar-refractivity contribution < 1.29 is 4.79 Å². The zero-order valence-electron chi connectivity index (χ0n) is 17.0. The molecule has 0 fully saturated rings. The number of benzene rings is 2. The lowest BCUT2D eigenvalue weighted by atomic mass is 9.76. The molecule has 0 saturated heterocycles. The Kier molecular flexibility index (Phi) is 4.83. The number of amides is 1. The minimum Gasteiger partial charge on any atom is -0.377 e. The molecule has 1 aliphatic carbocycles. The molecule has 0 radical (unpaired) electrons. The van der Waals surface area contributed by atoms with E-state index in [0.29, 0.717) is 17.4 Å². The second-order valence-corrected chi connectivity index (χ2v) is 8.14. The van der Waals surface area contributed by atoms with Crippen molar-refractivity contribution in [2.75, 3.05) is 5.32 Å². The van der Waals surface area contributed by atoms with Crippen molar-refractivity contribution in [3.05, 3.63) is 107 Å². The molecular formula is C26H25N3O. The predicted molar refractivity (Wildman–Crippen MR) is 119 cm³/mol. The van der Waals surface area contributed by atoms with Crippen LogP contribution in [0.1, 0.15) is 58.4 Å². The molecule has 3 aromatic rings. The SMILES string of the molecule is CC(NC(=O)c1cccc2c1NC(c1cccnc1)C1CC=CC21)c1ccccc1. The van der Waals surface area contributed by atoms with Crippen LogP contribution in [0.4, 0.5) is 5.69 Å². The van der Waals surface area contributed by atoms with Crippen LogP contribution in [0, 0.1) is 5.92 Å². The maximum Gasteiger partial charge on any atom is 0.253 e. The Morgan fingerprint density at radius 2 is 1.97 bits per heavy atom. The van der Waals surface area contributed by atoms with E-state index in [1.165, 1.54) is 5.56 Å². The minimum atomic E-state index is -0.0635. The molecule has 4 heteroatoms. The van der Waals surface area contributed by atoms with Crippen LogP contribution < -0.4 is 10.6 Å². The van der Waals surface area contributed by atoms with E-state index in [-0.39, 0.29) is 18.0 Å². The molecular weight excluding hydrogens is 370 g/mol. The van der Waals surface area contributed by atoms with Gasteiger partial charge in [0.05, 0.1) is 23.3 Å². The summed E-state index contributed by atoms with van der Waals surface area (Å²) in [6.07, 6.45) is 9.31. The quantitative estimate of drug-likeness (QED) is 0.582. The molecule has 2 N–H and O–H groups in total. The molecule has 150 valence electrons. The number of carbonyl (C=O) groups is 1. The lowest BCUT2D eigenvalue weighted by Crippen LogP contribution is -2.33. The zero-order valence-corrected chi connectivity index (χ0v) is 17.0. The van der Waals surface area contributed by atoms with Gasteiger partial charge in [0.1, 0.15) is 0 Å². The first-order valence-corrected chi connectivity index (χ1v) is 10.5. The highest BCUT2D eigenvalue weighted by Crippen LogP contribution is 2.50. The van der Waals surface area contributed by atoms with Gasteiger partial charge in [-0.15, -0.1) is 0 Å². The fourth-order valence-corrected chi connectivity index (χ4v) is 4.80. The number of hydrogen-bond donors (Lipinski definition) is 2. The summed E-state index contributed by atoms with van der Waals surface area (Å²) in [5.74, 6) is 0.690. The molecule has 1 aliphatic heterocycles. The summed E-state index contributed by atoms with van der Waals surface area (Å²) in [5, 5.41) is 6.87. The lowest BCUT2D eigenvalue weighted by Gasteiger charge is -2.38. The third-order valence-electron chi connectivity index (χ3n) is 6.33. The van der Waals surface area contributed by atoms with Gasteiger partial charge in [0, 0.05) is 18.3 Å². The molecule has 0 bridgehead atoms. The topological polar surface area (TPSA) is 54.0 Å². The molecule has 2 aliphatic rings. The largest absolute Gasteiger partial charge is 0.377 e. The van der Waals surface area contributed by atoms with Crippen LogP contribution in [0.15, 0.2) is 85.2 Å². The van der Waals surface area contributed by atoms with Crippen LogP contribution >= 0.6 is 0 Å². The number of aromatic nitrogens is 1. The summed E-state index contributed by atoms with van der Waals surface area (Å²) < 4.78 is 0. The number of hydrogen-bond acceptors (Lipinski definition) is 3. The van der Waals surface area contributed by atoms with Crippen LogP contribution in [0.2, 0.25) is 0 Å². The number of fused-ring (bicyclic) bond motifs is 3. The monoisotopic (exact) mass is 395 g/mol. The van der Waals surface area contributed by atoms with E-state index in [1.807, 2.05) is 61.7 Å². The number of para-hydroxylation sites is 1. The summed E-state index contributed by atoms with van der Waals surface area (Å²) in [6, 6.07) is 20.3. The number of carbonyl (C=O) groups excluding carboxylic acids is 1. The number of allylic oxidation sites excluding steroid dienone is 2. The van der Waals surface area contributed by atoms with E-state index in [1.54, 1.807) is 6.20 Å². The maximum absolute atomic E-state index is 13.3. The van der Waals surface area contributed by atoms with Gasteiger partial charge >= 0.3 is 0 Å². The Hall–Kier alpha value is -3.40. The van der Waals surface area contributed by atoms with E-state index in [0.717, 1.165) is 23.2 Å². The fraction of sp³-hybridized carbons (Fsp3) is 0.231. The van der Waals surface area contributed by atoms with Crippen molar-refractivity contribution >= 4 is 11.6 Å². The molecule has 0 spiro atoms. The van der Waals surface area contributed by atoms with Gasteiger partial charge in [0.15, 0.2) is 0 Å². The third-order valence-corrected chi connectivity index (χ3v) is 6.33. The van der Waals surface area contributed by atoms with Crippen LogP contribution in [-0.2, 0) is 0 Å². The molecule has 1 aromatic heterocycles. The molecule has 4 atom stereocenters. The number of pyridine rings is 1. The minimum absolute atomic E-state index is 0.0546. The number of rotatable bonds is 4. The Bertz CT molecular complexity index is 1080. The Morgan fingerprint density at radius 1 is 1.10 bits per heavy atom. The van der Waals surface area contributed by atoms with Crippen molar-refractivity contribution in [3.63, 3.8) is 0 Å². The summed E-state index contributed by atoms with van der Waals surface area (Å²) in [6.45, 7) is 2.02. The predicted octanol–water partition coefficient (Wildman–Crippen LogP) is 5.40. The average Bonchev–Trinajstić information content (AvgIpc) is 3.29. The van der Waals surface area contributed by atoms with Gasteiger partial charge < -0.3 is 10.6 Å². The van der Waals surface area contributed by atoms with Crippen molar-refractivity contribution in [3.8, 4) is 0 Å². The van der Waals surface area contributed by atoms with Gasteiger partial charge in [-0.05, 0) is 48.1 Å². The summed E-state index contributed by atoms with van der Waals surface area (Å²) in [5.41, 5.74) is 5.10. The van der Waals surface area contributed by atoms with E-state index in [9.17, 15) is 4.79 Å². The molecule has 2 aromatic carbocycles. The number of nitrogens with zero attached hydrogens (tertiary/aromatic N) is 1. The van der Waals surface area contributed by atoms with E-state index in [4.69, 9.17) is 0 Å². The first-order chi connectivity index (χ1) is 14.7. The number of anilines is 1. The van der Waals surface area contributed by atoms with Gasteiger partial charge in [0.25, 0.3) is 5.91 Å². The summed E-state index contributed by atoms with van der Waals surface area (Å²) in [7, 11) is 0. The van der Waals surface area contributed by atoms with Gasteiger partial charge in [-0.1, -0.05) is 60.7 Å². The standard InChI is InChI=1S/C26H25N3O/c1-17(18-8-3-2-4-9-18)28-26(30)23-14-6-13-22-20-11-5-12-21(20)24(29-25(22)23)19-10-7-15-27-16-19/h2-11,13-17,20-21,24,29H,12H2,1H3,(H,28,30). The van der Waals surface area contributed by atoms with E-state index >= 15 is 0 Å². The molecule has 2 heterocycles. The molecule has 5 rings (SSSR count). The highest BCUT2D eigenvalue weighted by Gasteiger charge is 2.39. The van der Waals surface area contributed by atoms with Gasteiger partial charge in [-0.25, -0.2) is 0 Å². The van der Waals surface area contributed by atoms with Crippen LogP contribution in [0.3, 0.4) is 0 Å². The van der Waals surface area contributed by atoms with Gasteiger partial charge in [0.2, 0.25) is 0 Å². The van der Waals surface area contributed by atoms with Crippen LogP contribution in [0.5, 0.6) is 0 Å². The van der Waals surface area contributed by atoms with Crippen molar-refractivity contribution in [2.24, 2.45) is 5.92 Å². The van der Waals surface area contributed by atoms with E-state index in [2.05, 4.69) is 39.9 Å². The van der Waals surface area contributed by atoms with Gasteiger partial charge in [-0.3, -0.25) is 9.78 Å². The van der Waals surface area contributed by atoms with Crippen LogP contribution in [-0.4, -0.2) is 10.9 Å². The van der Waals surface area contributed by atoms with Crippen molar-refractivity contribution in [2.45, 2.75) is 31.3 Å². The molecule has 4 nitrogen and oxygen atoms in total. The van der Waals surface area contributed by atoms with Gasteiger partial charge in [-0.2, -0.15) is 0 Å². The highest BCUT2D eigenvalue weighted by atomic mass is 16.1. The Balaban J connectivity index is 1.49. The summed E-state index contributed by atoms with van der Waals surface area (Å²) in [4.78, 5) is 17.6. The normalized spacial score (nSPS) is 22.5. The molecule has 4 unspecified atom stereocenters. The fourth-order valence-electron chi connectivity index (χ4n) is 4.80. The van der Waals surface area contributed by atoms with Crippen molar-refractivity contribution in [1.82, 2.24) is 10.3 Å².